The lowest BCUT2D eigenvalue weighted by molar-refractivity contribution is -0.0174. The third-order valence-corrected chi connectivity index (χ3v) is 6.57. The fourth-order valence-corrected chi connectivity index (χ4v) is 4.81. The first-order valence-electron chi connectivity index (χ1n) is 10.3. The lowest BCUT2D eigenvalue weighted by Crippen LogP contribution is -2.53. The molecule has 8 heteroatoms. The molecular formula is C20H35N5O2S. The minimum atomic E-state index is 0.346. The quantitative estimate of drug-likeness (QED) is 0.524. The van der Waals surface area contributed by atoms with Crippen LogP contribution in [0, 0.1) is 0 Å². The van der Waals surface area contributed by atoms with Gasteiger partial charge in [-0.2, -0.15) is 0 Å². The van der Waals surface area contributed by atoms with E-state index in [4.69, 9.17) is 9.47 Å². The van der Waals surface area contributed by atoms with Gasteiger partial charge in [0.25, 0.3) is 0 Å². The fraction of sp³-hybridized carbons (Fsp3) is 0.750. The molecule has 0 saturated carbocycles. The van der Waals surface area contributed by atoms with Crippen molar-refractivity contribution in [2.24, 2.45) is 4.99 Å². The highest BCUT2D eigenvalue weighted by atomic mass is 32.1. The highest BCUT2D eigenvalue weighted by Gasteiger charge is 2.25. The van der Waals surface area contributed by atoms with Gasteiger partial charge in [0, 0.05) is 56.7 Å². The Balaban J connectivity index is 1.51. The summed E-state index contributed by atoms with van der Waals surface area (Å²) < 4.78 is 11.1. The van der Waals surface area contributed by atoms with E-state index in [2.05, 4.69) is 56.8 Å². The number of nitrogens with one attached hydrogen (secondary N) is 2. The topological polar surface area (TPSA) is 61.4 Å². The number of hydrogen-bond acceptors (Lipinski definition) is 6. The molecule has 0 amide bonds. The molecule has 0 bridgehead atoms. The van der Waals surface area contributed by atoms with Crippen molar-refractivity contribution in [2.45, 2.75) is 32.0 Å². The molecule has 2 fully saturated rings. The Morgan fingerprint density at radius 2 is 1.96 bits per heavy atom. The molecule has 28 heavy (non-hydrogen) atoms. The van der Waals surface area contributed by atoms with Gasteiger partial charge in [-0.15, -0.1) is 11.3 Å². The molecule has 1 aromatic heterocycles. The third kappa shape index (κ3) is 5.90. The zero-order chi connectivity index (χ0) is 19.8. The van der Waals surface area contributed by atoms with E-state index in [-0.39, 0.29) is 0 Å². The van der Waals surface area contributed by atoms with Crippen LogP contribution in [-0.4, -0.2) is 94.0 Å². The summed E-state index contributed by atoms with van der Waals surface area (Å²) in [6, 6.07) is 5.60. The van der Waals surface area contributed by atoms with Gasteiger partial charge in [-0.25, -0.2) is 0 Å². The predicted octanol–water partition coefficient (Wildman–Crippen LogP) is 1.40. The second kappa shape index (κ2) is 11.1. The van der Waals surface area contributed by atoms with Crippen molar-refractivity contribution in [1.29, 1.82) is 0 Å². The summed E-state index contributed by atoms with van der Waals surface area (Å²) in [5.74, 6) is 0.863. The monoisotopic (exact) mass is 409 g/mol. The number of ether oxygens (including phenoxy) is 2. The van der Waals surface area contributed by atoms with E-state index in [0.29, 0.717) is 18.1 Å². The van der Waals surface area contributed by atoms with Crippen LogP contribution in [0.1, 0.15) is 24.8 Å². The Bertz CT molecular complexity index is 591. The lowest BCUT2D eigenvalue weighted by Gasteiger charge is -2.38. The Kier molecular flexibility index (Phi) is 8.54. The second-order valence-corrected chi connectivity index (χ2v) is 8.50. The SMILES string of the molecule is CN=C(NCC(c1cccs1)N1CCOCC1)NCC(C)N1CCOCC1C. The van der Waals surface area contributed by atoms with Crippen molar-refractivity contribution in [3.05, 3.63) is 22.4 Å². The first-order valence-corrected chi connectivity index (χ1v) is 11.2. The molecule has 158 valence electrons. The summed E-state index contributed by atoms with van der Waals surface area (Å²) >= 11 is 1.82. The van der Waals surface area contributed by atoms with Crippen LogP contribution in [0.2, 0.25) is 0 Å². The van der Waals surface area contributed by atoms with Crippen molar-refractivity contribution in [3.63, 3.8) is 0 Å². The van der Waals surface area contributed by atoms with Crippen molar-refractivity contribution in [1.82, 2.24) is 20.4 Å². The zero-order valence-corrected chi connectivity index (χ0v) is 18.2. The number of nitrogens with zero attached hydrogens (tertiary/aromatic N) is 3. The third-order valence-electron chi connectivity index (χ3n) is 5.59. The number of guanidine groups is 1. The van der Waals surface area contributed by atoms with E-state index in [9.17, 15) is 0 Å². The Morgan fingerprint density at radius 1 is 1.21 bits per heavy atom. The van der Waals surface area contributed by atoms with Crippen molar-refractivity contribution in [3.8, 4) is 0 Å². The Hall–Kier alpha value is -1.19. The molecule has 3 heterocycles. The second-order valence-electron chi connectivity index (χ2n) is 7.52. The molecule has 2 N–H and O–H groups in total. The van der Waals surface area contributed by atoms with E-state index in [1.807, 2.05) is 18.4 Å². The van der Waals surface area contributed by atoms with Gasteiger partial charge in [-0.1, -0.05) is 6.07 Å². The molecule has 0 aromatic carbocycles. The maximum Gasteiger partial charge on any atom is 0.191 e. The van der Waals surface area contributed by atoms with Crippen LogP contribution in [0.3, 0.4) is 0 Å². The van der Waals surface area contributed by atoms with Crippen LogP contribution >= 0.6 is 11.3 Å². The molecule has 3 atom stereocenters. The summed E-state index contributed by atoms with van der Waals surface area (Å²) in [4.78, 5) is 10.8. The number of morpholine rings is 2. The highest BCUT2D eigenvalue weighted by molar-refractivity contribution is 7.10. The van der Waals surface area contributed by atoms with Gasteiger partial charge >= 0.3 is 0 Å². The van der Waals surface area contributed by atoms with Gasteiger partial charge in [0.1, 0.15) is 0 Å². The molecular weight excluding hydrogens is 374 g/mol. The normalized spacial score (nSPS) is 24.7. The number of rotatable bonds is 7. The first-order chi connectivity index (χ1) is 13.7. The Morgan fingerprint density at radius 3 is 2.64 bits per heavy atom. The van der Waals surface area contributed by atoms with Crippen LogP contribution in [0.4, 0.5) is 0 Å². The summed E-state index contributed by atoms with van der Waals surface area (Å²) in [6.07, 6.45) is 0. The van der Waals surface area contributed by atoms with E-state index in [0.717, 1.165) is 65.1 Å². The molecule has 3 unspecified atom stereocenters. The highest BCUT2D eigenvalue weighted by Crippen LogP contribution is 2.25. The van der Waals surface area contributed by atoms with Crippen molar-refractivity contribution in [2.75, 3.05) is 66.2 Å². The maximum absolute atomic E-state index is 5.56. The van der Waals surface area contributed by atoms with Crippen LogP contribution in [0.25, 0.3) is 0 Å². The lowest BCUT2D eigenvalue weighted by atomic mass is 10.2. The largest absolute Gasteiger partial charge is 0.379 e. The van der Waals surface area contributed by atoms with Gasteiger partial charge in [0.05, 0.1) is 32.5 Å². The van der Waals surface area contributed by atoms with Crippen LogP contribution in [0.5, 0.6) is 0 Å². The minimum absolute atomic E-state index is 0.346. The molecule has 0 aliphatic carbocycles. The van der Waals surface area contributed by atoms with Gasteiger partial charge in [0.2, 0.25) is 0 Å². The van der Waals surface area contributed by atoms with E-state index >= 15 is 0 Å². The molecule has 2 saturated heterocycles. The molecule has 1 aromatic rings. The van der Waals surface area contributed by atoms with Crippen molar-refractivity contribution < 1.29 is 9.47 Å². The van der Waals surface area contributed by atoms with Gasteiger partial charge in [0.15, 0.2) is 5.96 Å². The predicted molar refractivity (Wildman–Crippen MR) is 115 cm³/mol. The van der Waals surface area contributed by atoms with E-state index in [1.54, 1.807) is 0 Å². The first kappa shape index (κ1) is 21.5. The number of hydrogen-bond donors (Lipinski definition) is 2. The summed E-state index contributed by atoms with van der Waals surface area (Å²) in [6.45, 7) is 12.4. The van der Waals surface area contributed by atoms with Gasteiger partial charge in [-0.3, -0.25) is 14.8 Å². The van der Waals surface area contributed by atoms with Crippen LogP contribution in [0.15, 0.2) is 22.5 Å². The summed E-state index contributed by atoms with van der Waals surface area (Å²) in [5, 5.41) is 9.21. The van der Waals surface area contributed by atoms with Gasteiger partial charge < -0.3 is 20.1 Å². The van der Waals surface area contributed by atoms with Crippen LogP contribution < -0.4 is 10.6 Å². The molecule has 0 radical (unpaired) electrons. The molecule has 7 nitrogen and oxygen atoms in total. The molecule has 3 rings (SSSR count). The minimum Gasteiger partial charge on any atom is -0.379 e. The summed E-state index contributed by atoms with van der Waals surface area (Å²) in [7, 11) is 1.84. The number of thiophene rings is 1. The zero-order valence-electron chi connectivity index (χ0n) is 17.4. The fourth-order valence-electron chi connectivity index (χ4n) is 3.95. The molecule has 0 spiro atoms. The average molecular weight is 410 g/mol. The van der Waals surface area contributed by atoms with Gasteiger partial charge in [-0.05, 0) is 25.3 Å². The standard InChI is InChI=1S/C20H35N5O2S/c1-16(25-8-11-27-15-17(25)2)13-22-20(21-3)23-14-18(19-5-4-12-28-19)24-6-9-26-10-7-24/h4-5,12,16-18H,6-11,13-15H2,1-3H3,(H2,21,22,23). The maximum atomic E-state index is 5.56. The van der Waals surface area contributed by atoms with Crippen molar-refractivity contribution >= 4 is 17.3 Å². The number of aliphatic imine (C=N–C) groups is 1. The van der Waals surface area contributed by atoms with E-state index in [1.165, 1.54) is 4.88 Å². The Labute approximate surface area is 173 Å². The summed E-state index contributed by atoms with van der Waals surface area (Å²) in [5.41, 5.74) is 0. The molecule has 2 aliphatic heterocycles. The molecule has 2 aliphatic rings. The average Bonchev–Trinajstić information content (AvgIpc) is 3.26. The smallest absolute Gasteiger partial charge is 0.191 e. The van der Waals surface area contributed by atoms with E-state index < -0.39 is 0 Å². The van der Waals surface area contributed by atoms with Crippen LogP contribution in [-0.2, 0) is 9.47 Å².